The summed E-state index contributed by atoms with van der Waals surface area (Å²) >= 11 is 0. The third-order valence-electron chi connectivity index (χ3n) is 2.03. The predicted octanol–water partition coefficient (Wildman–Crippen LogP) is 1.10. The van der Waals surface area contributed by atoms with Crippen LogP contribution in [0.5, 0.6) is 0 Å². The van der Waals surface area contributed by atoms with Crippen LogP contribution in [-0.4, -0.2) is 12.5 Å². The molecule has 3 N–H and O–H groups in total. The van der Waals surface area contributed by atoms with Gasteiger partial charge in [0.05, 0.1) is 6.54 Å². The van der Waals surface area contributed by atoms with Gasteiger partial charge in [-0.25, -0.2) is 8.78 Å². The molecular formula is C10H12F2N2O. The molecule has 0 bridgehead atoms. The van der Waals surface area contributed by atoms with Gasteiger partial charge >= 0.3 is 0 Å². The first-order valence-corrected chi connectivity index (χ1v) is 4.47. The van der Waals surface area contributed by atoms with Crippen molar-refractivity contribution >= 4 is 5.91 Å². The van der Waals surface area contributed by atoms with E-state index in [2.05, 4.69) is 5.32 Å². The Morgan fingerprint density at radius 1 is 1.47 bits per heavy atom. The summed E-state index contributed by atoms with van der Waals surface area (Å²) in [7, 11) is 0. The molecule has 0 heterocycles. The smallest absolute Gasteiger partial charge is 0.231 e. The molecule has 0 aliphatic carbocycles. The molecule has 1 aromatic rings. The number of rotatable bonds is 4. The number of primary amides is 1. The highest BCUT2D eigenvalue weighted by Crippen LogP contribution is 2.15. The summed E-state index contributed by atoms with van der Waals surface area (Å²) in [4.78, 5) is 10.5. The largest absolute Gasteiger partial charge is 0.369 e. The lowest BCUT2D eigenvalue weighted by molar-refractivity contribution is -0.117. The van der Waals surface area contributed by atoms with E-state index in [4.69, 9.17) is 5.73 Å². The van der Waals surface area contributed by atoms with Gasteiger partial charge in [0.2, 0.25) is 5.91 Å². The van der Waals surface area contributed by atoms with Gasteiger partial charge < -0.3 is 11.1 Å². The third-order valence-corrected chi connectivity index (χ3v) is 2.03. The topological polar surface area (TPSA) is 55.1 Å². The van der Waals surface area contributed by atoms with Crippen LogP contribution in [0.2, 0.25) is 0 Å². The second-order valence-electron chi connectivity index (χ2n) is 3.24. The minimum atomic E-state index is -0.903. The van der Waals surface area contributed by atoms with Crippen LogP contribution in [0.1, 0.15) is 18.5 Å². The van der Waals surface area contributed by atoms with Crippen molar-refractivity contribution in [2.45, 2.75) is 13.0 Å². The number of carbonyl (C=O) groups is 1. The Kier molecular flexibility index (Phi) is 3.74. The van der Waals surface area contributed by atoms with E-state index in [1.54, 1.807) is 6.92 Å². The number of halogens is 2. The quantitative estimate of drug-likeness (QED) is 0.788. The van der Waals surface area contributed by atoms with Crippen LogP contribution in [-0.2, 0) is 4.79 Å². The Hall–Kier alpha value is -1.49. The van der Waals surface area contributed by atoms with E-state index < -0.39 is 17.5 Å². The van der Waals surface area contributed by atoms with Gasteiger partial charge in [-0.3, -0.25) is 4.79 Å². The summed E-state index contributed by atoms with van der Waals surface area (Å²) in [6.07, 6.45) is 0. The molecule has 5 heteroatoms. The summed E-state index contributed by atoms with van der Waals surface area (Å²) in [6, 6.07) is 3.34. The number of carbonyl (C=O) groups excluding carboxylic acids is 1. The minimum absolute atomic E-state index is 0.000161. The van der Waals surface area contributed by atoms with E-state index in [0.717, 1.165) is 12.1 Å². The molecule has 0 fully saturated rings. The number of benzene rings is 1. The number of nitrogens with one attached hydrogen (secondary N) is 1. The van der Waals surface area contributed by atoms with Gasteiger partial charge in [0.15, 0.2) is 11.6 Å². The third kappa shape index (κ3) is 3.28. The van der Waals surface area contributed by atoms with Crippen LogP contribution < -0.4 is 11.1 Å². The lowest BCUT2D eigenvalue weighted by Crippen LogP contribution is -2.30. The molecule has 0 aliphatic rings. The molecular weight excluding hydrogens is 202 g/mol. The maximum atomic E-state index is 12.8. The molecule has 1 atom stereocenters. The number of nitrogens with two attached hydrogens (primary N) is 1. The van der Waals surface area contributed by atoms with Crippen LogP contribution in [0.15, 0.2) is 18.2 Å². The van der Waals surface area contributed by atoms with Gasteiger partial charge in [-0.05, 0) is 24.6 Å². The van der Waals surface area contributed by atoms with Crippen LogP contribution in [0.4, 0.5) is 8.78 Å². The summed E-state index contributed by atoms with van der Waals surface area (Å²) in [6.45, 7) is 1.73. The summed E-state index contributed by atoms with van der Waals surface area (Å²) < 4.78 is 25.5. The van der Waals surface area contributed by atoms with Crippen molar-refractivity contribution in [1.82, 2.24) is 5.32 Å². The van der Waals surface area contributed by atoms with Gasteiger partial charge in [-0.15, -0.1) is 0 Å². The Morgan fingerprint density at radius 2 is 2.13 bits per heavy atom. The maximum absolute atomic E-state index is 12.8. The van der Waals surface area contributed by atoms with Crippen molar-refractivity contribution in [2.75, 3.05) is 6.54 Å². The minimum Gasteiger partial charge on any atom is -0.369 e. The monoisotopic (exact) mass is 214 g/mol. The Labute approximate surface area is 86.3 Å². The number of hydrogen-bond acceptors (Lipinski definition) is 2. The second-order valence-corrected chi connectivity index (χ2v) is 3.24. The van der Waals surface area contributed by atoms with Gasteiger partial charge in [0, 0.05) is 6.04 Å². The van der Waals surface area contributed by atoms with Crippen molar-refractivity contribution < 1.29 is 13.6 Å². The zero-order valence-corrected chi connectivity index (χ0v) is 8.26. The standard InChI is InChI=1S/C10H12F2N2O/c1-6(14-5-10(13)15)7-2-3-8(11)9(12)4-7/h2-4,6,14H,5H2,1H3,(H2,13,15)/t6-/m1/s1. The first-order chi connectivity index (χ1) is 7.00. The Morgan fingerprint density at radius 3 is 2.67 bits per heavy atom. The zero-order chi connectivity index (χ0) is 11.4. The lowest BCUT2D eigenvalue weighted by atomic mass is 10.1. The average Bonchev–Trinajstić information content (AvgIpc) is 2.18. The van der Waals surface area contributed by atoms with Crippen molar-refractivity contribution in [3.63, 3.8) is 0 Å². The van der Waals surface area contributed by atoms with E-state index in [1.807, 2.05) is 0 Å². The fourth-order valence-corrected chi connectivity index (χ4v) is 1.15. The maximum Gasteiger partial charge on any atom is 0.231 e. The molecule has 0 saturated carbocycles. The van der Waals surface area contributed by atoms with E-state index in [1.165, 1.54) is 6.07 Å². The Bertz CT molecular complexity index is 368. The summed E-state index contributed by atoms with van der Waals surface area (Å²) in [5, 5.41) is 2.78. The molecule has 0 radical (unpaired) electrons. The molecule has 1 rings (SSSR count). The van der Waals surface area contributed by atoms with Crippen molar-refractivity contribution in [1.29, 1.82) is 0 Å². The van der Waals surface area contributed by atoms with E-state index in [9.17, 15) is 13.6 Å². The highest BCUT2D eigenvalue weighted by atomic mass is 19.2. The van der Waals surface area contributed by atoms with Gasteiger partial charge in [0.1, 0.15) is 0 Å². The van der Waals surface area contributed by atoms with Crippen LogP contribution >= 0.6 is 0 Å². The molecule has 0 spiro atoms. The molecule has 0 aromatic heterocycles. The van der Waals surface area contributed by atoms with Gasteiger partial charge in [-0.1, -0.05) is 6.07 Å². The van der Waals surface area contributed by atoms with E-state index >= 15 is 0 Å². The normalized spacial score (nSPS) is 12.5. The molecule has 1 amide bonds. The highest BCUT2D eigenvalue weighted by Gasteiger charge is 2.09. The van der Waals surface area contributed by atoms with Crippen LogP contribution in [0.3, 0.4) is 0 Å². The average molecular weight is 214 g/mol. The molecule has 82 valence electrons. The van der Waals surface area contributed by atoms with E-state index in [0.29, 0.717) is 5.56 Å². The summed E-state index contributed by atoms with van der Waals surface area (Å²) in [5.74, 6) is -2.29. The molecule has 3 nitrogen and oxygen atoms in total. The molecule has 0 saturated heterocycles. The van der Waals surface area contributed by atoms with Crippen molar-refractivity contribution in [3.05, 3.63) is 35.4 Å². The Balaban J connectivity index is 2.69. The van der Waals surface area contributed by atoms with Gasteiger partial charge in [0.25, 0.3) is 0 Å². The van der Waals surface area contributed by atoms with Gasteiger partial charge in [-0.2, -0.15) is 0 Å². The molecule has 0 aliphatic heterocycles. The molecule has 1 aromatic carbocycles. The highest BCUT2D eigenvalue weighted by molar-refractivity contribution is 5.75. The second kappa shape index (κ2) is 4.84. The first-order valence-electron chi connectivity index (χ1n) is 4.47. The first kappa shape index (κ1) is 11.6. The van der Waals surface area contributed by atoms with Crippen molar-refractivity contribution in [3.8, 4) is 0 Å². The SMILES string of the molecule is C[C@@H](NCC(N)=O)c1ccc(F)c(F)c1. The zero-order valence-electron chi connectivity index (χ0n) is 8.26. The summed E-state index contributed by atoms with van der Waals surface area (Å²) in [5.41, 5.74) is 5.50. The number of amides is 1. The number of hydrogen-bond donors (Lipinski definition) is 2. The molecule has 15 heavy (non-hydrogen) atoms. The van der Waals surface area contributed by atoms with Crippen LogP contribution in [0.25, 0.3) is 0 Å². The molecule has 0 unspecified atom stereocenters. The lowest BCUT2D eigenvalue weighted by Gasteiger charge is -2.12. The van der Waals surface area contributed by atoms with Crippen molar-refractivity contribution in [2.24, 2.45) is 5.73 Å². The fourth-order valence-electron chi connectivity index (χ4n) is 1.15. The predicted molar refractivity (Wildman–Crippen MR) is 52.0 cm³/mol. The fraction of sp³-hybridized carbons (Fsp3) is 0.300. The van der Waals surface area contributed by atoms with Crippen LogP contribution in [0, 0.1) is 11.6 Å². The van der Waals surface area contributed by atoms with E-state index in [-0.39, 0.29) is 12.6 Å².